The van der Waals surface area contributed by atoms with E-state index in [-0.39, 0.29) is 36.0 Å². The van der Waals surface area contributed by atoms with Crippen molar-refractivity contribution in [2.75, 3.05) is 7.05 Å². The number of amides is 2. The maximum absolute atomic E-state index is 12.7. The molecule has 3 unspecified atom stereocenters. The summed E-state index contributed by atoms with van der Waals surface area (Å²) in [6.45, 7) is 2.05. The van der Waals surface area contributed by atoms with Gasteiger partial charge in [-0.3, -0.25) is 9.59 Å². The van der Waals surface area contributed by atoms with Gasteiger partial charge in [0.1, 0.15) is 0 Å². The molecule has 2 N–H and O–H groups in total. The molecule has 2 amide bonds. The molecule has 5 nitrogen and oxygen atoms in total. The highest BCUT2D eigenvalue weighted by Gasteiger charge is 2.45. The molecule has 1 aromatic rings. The number of rotatable bonds is 5. The normalized spacial score (nSPS) is 26.4. The van der Waals surface area contributed by atoms with Crippen molar-refractivity contribution in [3.05, 3.63) is 35.9 Å². The molecule has 2 aliphatic heterocycles. The van der Waals surface area contributed by atoms with Crippen LogP contribution in [0.15, 0.2) is 30.3 Å². The van der Waals surface area contributed by atoms with E-state index in [0.717, 1.165) is 44.1 Å². The molecule has 5 heteroatoms. The van der Waals surface area contributed by atoms with Crippen LogP contribution in [0.25, 0.3) is 0 Å². The Balaban J connectivity index is 1.67. The van der Waals surface area contributed by atoms with Crippen LogP contribution in [-0.2, 0) is 4.79 Å². The molecular formula is C20H29N3O2. The SMILES string of the molecule is CCCC(N)C(=O)N1C2CCC1CC(N(C)C(=O)c1ccccc1)C2. The predicted molar refractivity (Wildman–Crippen MR) is 98.1 cm³/mol. The highest BCUT2D eigenvalue weighted by Crippen LogP contribution is 2.38. The molecule has 2 fully saturated rings. The summed E-state index contributed by atoms with van der Waals surface area (Å²) in [6, 6.07) is 9.68. The van der Waals surface area contributed by atoms with E-state index in [4.69, 9.17) is 5.73 Å². The molecule has 3 atom stereocenters. The number of carbonyl (C=O) groups is 2. The second-order valence-electron chi connectivity index (χ2n) is 7.43. The molecule has 136 valence electrons. The Morgan fingerprint density at radius 1 is 1.20 bits per heavy atom. The Hall–Kier alpha value is -1.88. The number of hydrogen-bond donors (Lipinski definition) is 1. The number of fused-ring (bicyclic) bond motifs is 2. The minimum atomic E-state index is -0.381. The van der Waals surface area contributed by atoms with E-state index < -0.39 is 0 Å². The summed E-state index contributed by atoms with van der Waals surface area (Å²) in [5.74, 6) is 0.164. The van der Waals surface area contributed by atoms with Crippen molar-refractivity contribution in [3.63, 3.8) is 0 Å². The van der Waals surface area contributed by atoms with Crippen LogP contribution >= 0.6 is 0 Å². The van der Waals surface area contributed by atoms with Crippen LogP contribution in [0.4, 0.5) is 0 Å². The largest absolute Gasteiger partial charge is 0.339 e. The van der Waals surface area contributed by atoms with Gasteiger partial charge in [-0.2, -0.15) is 0 Å². The van der Waals surface area contributed by atoms with Crippen molar-refractivity contribution < 1.29 is 9.59 Å². The summed E-state index contributed by atoms with van der Waals surface area (Å²) in [5.41, 5.74) is 6.80. The first-order valence-corrected chi connectivity index (χ1v) is 9.42. The van der Waals surface area contributed by atoms with Gasteiger partial charge in [0.25, 0.3) is 5.91 Å². The third-order valence-electron chi connectivity index (χ3n) is 5.77. The van der Waals surface area contributed by atoms with Gasteiger partial charge in [0.2, 0.25) is 5.91 Å². The van der Waals surface area contributed by atoms with E-state index in [0.29, 0.717) is 0 Å². The predicted octanol–water partition coefficient (Wildman–Crippen LogP) is 2.41. The van der Waals surface area contributed by atoms with Crippen LogP contribution in [0.3, 0.4) is 0 Å². The molecule has 0 aliphatic carbocycles. The molecule has 2 aliphatic rings. The van der Waals surface area contributed by atoms with E-state index >= 15 is 0 Å². The Morgan fingerprint density at radius 2 is 1.80 bits per heavy atom. The maximum atomic E-state index is 12.7. The zero-order valence-electron chi connectivity index (χ0n) is 15.2. The van der Waals surface area contributed by atoms with Crippen molar-refractivity contribution >= 4 is 11.8 Å². The molecule has 0 radical (unpaired) electrons. The molecule has 1 aromatic carbocycles. The highest BCUT2D eigenvalue weighted by molar-refractivity contribution is 5.94. The van der Waals surface area contributed by atoms with Gasteiger partial charge in [-0.1, -0.05) is 31.5 Å². The van der Waals surface area contributed by atoms with Gasteiger partial charge in [0, 0.05) is 30.7 Å². The van der Waals surface area contributed by atoms with Crippen LogP contribution in [0.5, 0.6) is 0 Å². The first-order chi connectivity index (χ1) is 12.0. The second-order valence-corrected chi connectivity index (χ2v) is 7.43. The molecule has 0 aromatic heterocycles. The Labute approximate surface area is 150 Å². The Bertz CT molecular complexity index is 605. The fraction of sp³-hybridized carbons (Fsp3) is 0.600. The van der Waals surface area contributed by atoms with Crippen molar-refractivity contribution in [3.8, 4) is 0 Å². The van der Waals surface area contributed by atoms with Crippen LogP contribution in [-0.4, -0.2) is 52.8 Å². The first kappa shape index (κ1) is 17.9. The molecular weight excluding hydrogens is 314 g/mol. The summed E-state index contributed by atoms with van der Waals surface area (Å²) >= 11 is 0. The average Bonchev–Trinajstić information content (AvgIpc) is 2.90. The van der Waals surface area contributed by atoms with Gasteiger partial charge >= 0.3 is 0 Å². The fourth-order valence-electron chi connectivity index (χ4n) is 4.40. The summed E-state index contributed by atoms with van der Waals surface area (Å²) in [6.07, 6.45) is 5.43. The first-order valence-electron chi connectivity index (χ1n) is 9.42. The van der Waals surface area contributed by atoms with Crippen LogP contribution < -0.4 is 5.73 Å². The number of benzene rings is 1. The summed E-state index contributed by atoms with van der Waals surface area (Å²) in [7, 11) is 1.89. The molecule has 0 spiro atoms. The lowest BCUT2D eigenvalue weighted by Gasteiger charge is -2.43. The number of carbonyl (C=O) groups excluding carboxylic acids is 2. The third kappa shape index (κ3) is 3.56. The minimum absolute atomic E-state index is 0.0625. The molecule has 2 heterocycles. The lowest BCUT2D eigenvalue weighted by atomic mass is 9.94. The van der Waals surface area contributed by atoms with Crippen LogP contribution in [0.2, 0.25) is 0 Å². The summed E-state index contributed by atoms with van der Waals surface area (Å²) in [4.78, 5) is 29.3. The average molecular weight is 343 g/mol. The quantitative estimate of drug-likeness (QED) is 0.893. The van der Waals surface area contributed by atoms with E-state index in [2.05, 4.69) is 6.92 Å². The second kappa shape index (κ2) is 7.56. The Morgan fingerprint density at radius 3 is 2.36 bits per heavy atom. The number of nitrogens with two attached hydrogens (primary N) is 1. The zero-order chi connectivity index (χ0) is 18.0. The number of piperidine rings is 1. The van der Waals surface area contributed by atoms with Gasteiger partial charge in [0.05, 0.1) is 6.04 Å². The van der Waals surface area contributed by atoms with E-state index in [1.807, 2.05) is 47.2 Å². The summed E-state index contributed by atoms with van der Waals surface area (Å²) in [5, 5.41) is 0. The molecule has 25 heavy (non-hydrogen) atoms. The zero-order valence-corrected chi connectivity index (χ0v) is 15.2. The molecule has 3 rings (SSSR count). The smallest absolute Gasteiger partial charge is 0.253 e. The van der Waals surface area contributed by atoms with Gasteiger partial charge in [0.15, 0.2) is 0 Å². The lowest BCUT2D eigenvalue weighted by molar-refractivity contribution is -0.138. The van der Waals surface area contributed by atoms with Crippen LogP contribution in [0, 0.1) is 0 Å². The maximum Gasteiger partial charge on any atom is 0.253 e. The van der Waals surface area contributed by atoms with Crippen molar-refractivity contribution in [2.24, 2.45) is 5.73 Å². The van der Waals surface area contributed by atoms with Crippen molar-refractivity contribution in [2.45, 2.75) is 69.6 Å². The van der Waals surface area contributed by atoms with Gasteiger partial charge in [-0.15, -0.1) is 0 Å². The summed E-state index contributed by atoms with van der Waals surface area (Å²) < 4.78 is 0. The van der Waals surface area contributed by atoms with Crippen molar-refractivity contribution in [1.29, 1.82) is 0 Å². The lowest BCUT2D eigenvalue weighted by Crippen LogP contribution is -2.56. The Kier molecular flexibility index (Phi) is 5.42. The number of nitrogens with zero attached hydrogens (tertiary/aromatic N) is 2. The standard InChI is InChI=1S/C20H29N3O2/c1-3-7-18(21)20(25)23-15-10-11-16(23)13-17(12-15)22(2)19(24)14-8-5-4-6-9-14/h4-6,8-9,15-18H,3,7,10-13,21H2,1-2H3. The van der Waals surface area contributed by atoms with E-state index in [1.54, 1.807) is 0 Å². The topological polar surface area (TPSA) is 66.6 Å². The third-order valence-corrected chi connectivity index (χ3v) is 5.77. The number of hydrogen-bond acceptors (Lipinski definition) is 3. The minimum Gasteiger partial charge on any atom is -0.339 e. The van der Waals surface area contributed by atoms with Gasteiger partial charge in [-0.05, 0) is 44.2 Å². The van der Waals surface area contributed by atoms with E-state index in [1.165, 1.54) is 0 Å². The van der Waals surface area contributed by atoms with Gasteiger partial charge < -0.3 is 15.5 Å². The van der Waals surface area contributed by atoms with Crippen molar-refractivity contribution in [1.82, 2.24) is 9.80 Å². The highest BCUT2D eigenvalue weighted by atomic mass is 16.2. The fourth-order valence-corrected chi connectivity index (χ4v) is 4.40. The monoisotopic (exact) mass is 343 g/mol. The van der Waals surface area contributed by atoms with Gasteiger partial charge in [-0.25, -0.2) is 0 Å². The molecule has 2 saturated heterocycles. The van der Waals surface area contributed by atoms with E-state index in [9.17, 15) is 9.59 Å². The molecule has 2 bridgehead atoms. The van der Waals surface area contributed by atoms with Crippen LogP contribution in [0.1, 0.15) is 55.8 Å². The molecule has 0 saturated carbocycles.